The van der Waals surface area contributed by atoms with E-state index < -0.39 is 28.6 Å². The molecule has 2 saturated carbocycles. The van der Waals surface area contributed by atoms with E-state index in [0.717, 1.165) is 5.57 Å². The third-order valence-electron chi connectivity index (χ3n) is 7.53. The minimum absolute atomic E-state index is 0.0930. The standard InChI is InChI=1S/C19H24O6/c1-8(2)14-19-9(7-11(21)23-14)17(3)6-5-10(20)18(4)13(17)12(15(19)25-19)24-16(18)22/h7-8,10,12-15,20H,5-6H2,1-4H3/t10-,12-,13?,14+,15+,17+,18-,19?/m0/s1. The zero-order chi connectivity index (χ0) is 17.9. The average Bonchev–Trinajstić information content (AvgIpc) is 3.20. The number of aliphatic hydroxyl groups is 1. The number of hydrogen-bond acceptors (Lipinski definition) is 6. The van der Waals surface area contributed by atoms with E-state index in [1.54, 1.807) is 13.0 Å². The van der Waals surface area contributed by atoms with Crippen molar-refractivity contribution in [1.82, 2.24) is 0 Å². The largest absolute Gasteiger partial charge is 0.459 e. The Morgan fingerprint density at radius 3 is 2.64 bits per heavy atom. The van der Waals surface area contributed by atoms with Crippen LogP contribution < -0.4 is 0 Å². The quantitative estimate of drug-likeness (QED) is 0.569. The number of carbonyl (C=O) groups is 2. The summed E-state index contributed by atoms with van der Waals surface area (Å²) >= 11 is 0. The molecule has 0 bridgehead atoms. The number of aliphatic hydroxyl groups excluding tert-OH is 1. The predicted molar refractivity (Wildman–Crippen MR) is 85.2 cm³/mol. The van der Waals surface area contributed by atoms with Crippen LogP contribution in [0.3, 0.4) is 0 Å². The Balaban J connectivity index is 1.72. The lowest BCUT2D eigenvalue weighted by Crippen LogP contribution is -2.63. The number of rotatable bonds is 1. The second-order valence-electron chi connectivity index (χ2n) is 9.09. The van der Waals surface area contributed by atoms with Gasteiger partial charge in [0, 0.05) is 12.0 Å². The summed E-state index contributed by atoms with van der Waals surface area (Å²) in [5, 5.41) is 10.6. The normalized spacial score (nSPS) is 55.6. The summed E-state index contributed by atoms with van der Waals surface area (Å²) in [6.45, 7) is 7.92. The van der Waals surface area contributed by atoms with Gasteiger partial charge in [0.1, 0.15) is 18.3 Å². The molecule has 0 radical (unpaired) electrons. The van der Waals surface area contributed by atoms with Gasteiger partial charge in [0.05, 0.1) is 11.5 Å². The predicted octanol–water partition coefficient (Wildman–Crippen LogP) is 1.35. The summed E-state index contributed by atoms with van der Waals surface area (Å²) in [4.78, 5) is 25.0. The maximum absolute atomic E-state index is 12.7. The van der Waals surface area contributed by atoms with Crippen LogP contribution in [-0.4, -0.2) is 47.1 Å². The lowest BCUT2D eigenvalue weighted by molar-refractivity contribution is -0.157. The van der Waals surface area contributed by atoms with Crippen molar-refractivity contribution in [3.05, 3.63) is 11.6 Å². The molecule has 5 rings (SSSR count). The Bertz CT molecular complexity index is 727. The van der Waals surface area contributed by atoms with Crippen molar-refractivity contribution in [3.63, 3.8) is 0 Å². The molecular formula is C19H24O6. The summed E-state index contributed by atoms with van der Waals surface area (Å²) in [5.74, 6) is -0.789. The number of fused-ring (bicyclic) bond motifs is 2. The van der Waals surface area contributed by atoms with Gasteiger partial charge in [-0.1, -0.05) is 20.8 Å². The van der Waals surface area contributed by atoms with Crippen LogP contribution in [0.15, 0.2) is 11.6 Å². The maximum Gasteiger partial charge on any atom is 0.331 e. The van der Waals surface area contributed by atoms with Crippen molar-refractivity contribution in [1.29, 1.82) is 0 Å². The van der Waals surface area contributed by atoms with Crippen LogP contribution in [0.1, 0.15) is 40.5 Å². The molecule has 0 amide bonds. The van der Waals surface area contributed by atoms with E-state index in [9.17, 15) is 14.7 Å². The van der Waals surface area contributed by atoms with Gasteiger partial charge in [0.15, 0.2) is 5.60 Å². The molecule has 3 aliphatic heterocycles. The molecule has 25 heavy (non-hydrogen) atoms. The zero-order valence-corrected chi connectivity index (χ0v) is 14.9. The van der Waals surface area contributed by atoms with Crippen molar-refractivity contribution in [3.8, 4) is 0 Å². The van der Waals surface area contributed by atoms with Gasteiger partial charge in [-0.3, -0.25) is 4.79 Å². The van der Waals surface area contributed by atoms with Gasteiger partial charge in [-0.2, -0.15) is 0 Å². The molecule has 2 aliphatic carbocycles. The SMILES string of the molecule is CC(C)[C@H]1OC(=O)C=C2C13O[C@@H]3[C@H]1OC(=O)[C@]3(C)C1[C@]2(C)CC[C@@H]3O. The van der Waals surface area contributed by atoms with E-state index in [1.807, 2.05) is 13.8 Å². The van der Waals surface area contributed by atoms with Crippen molar-refractivity contribution < 1.29 is 28.9 Å². The second-order valence-corrected chi connectivity index (χ2v) is 9.09. The Morgan fingerprint density at radius 1 is 1.24 bits per heavy atom. The van der Waals surface area contributed by atoms with Gasteiger partial charge in [0.2, 0.25) is 0 Å². The maximum atomic E-state index is 12.7. The monoisotopic (exact) mass is 348 g/mol. The molecule has 2 unspecified atom stereocenters. The molecule has 6 nitrogen and oxygen atoms in total. The van der Waals surface area contributed by atoms with Crippen molar-refractivity contribution in [2.24, 2.45) is 22.7 Å². The molecule has 0 aromatic carbocycles. The molecule has 2 saturated heterocycles. The first-order valence-electron chi connectivity index (χ1n) is 9.17. The fourth-order valence-electron chi connectivity index (χ4n) is 6.39. The third-order valence-corrected chi connectivity index (χ3v) is 7.53. The van der Waals surface area contributed by atoms with Gasteiger partial charge in [-0.15, -0.1) is 0 Å². The van der Waals surface area contributed by atoms with E-state index in [4.69, 9.17) is 14.2 Å². The highest BCUT2D eigenvalue weighted by Crippen LogP contribution is 2.72. The lowest BCUT2D eigenvalue weighted by Gasteiger charge is -2.55. The fourth-order valence-corrected chi connectivity index (χ4v) is 6.39. The highest BCUT2D eigenvalue weighted by atomic mass is 16.7. The number of cyclic esters (lactones) is 1. The molecule has 5 aliphatic rings. The van der Waals surface area contributed by atoms with E-state index in [-0.39, 0.29) is 36.0 Å². The van der Waals surface area contributed by atoms with Gasteiger partial charge in [-0.05, 0) is 36.7 Å². The first kappa shape index (κ1) is 15.8. The molecule has 4 fully saturated rings. The van der Waals surface area contributed by atoms with E-state index in [2.05, 4.69) is 6.92 Å². The molecule has 6 heteroatoms. The van der Waals surface area contributed by atoms with Crippen LogP contribution in [0.25, 0.3) is 0 Å². The van der Waals surface area contributed by atoms with Gasteiger partial charge < -0.3 is 19.3 Å². The molecular weight excluding hydrogens is 324 g/mol. The highest BCUT2D eigenvalue weighted by Gasteiger charge is 2.83. The molecule has 3 heterocycles. The molecule has 1 N–H and O–H groups in total. The van der Waals surface area contributed by atoms with Gasteiger partial charge in [-0.25, -0.2) is 4.79 Å². The van der Waals surface area contributed by atoms with Crippen molar-refractivity contribution >= 4 is 11.9 Å². The van der Waals surface area contributed by atoms with Crippen LogP contribution in [0.2, 0.25) is 0 Å². The van der Waals surface area contributed by atoms with Crippen LogP contribution in [0.4, 0.5) is 0 Å². The minimum Gasteiger partial charge on any atom is -0.459 e. The van der Waals surface area contributed by atoms with Crippen molar-refractivity contribution in [2.75, 3.05) is 0 Å². The van der Waals surface area contributed by atoms with E-state index >= 15 is 0 Å². The van der Waals surface area contributed by atoms with E-state index in [1.165, 1.54) is 0 Å². The third kappa shape index (κ3) is 1.51. The van der Waals surface area contributed by atoms with Crippen LogP contribution in [0, 0.1) is 22.7 Å². The highest BCUT2D eigenvalue weighted by molar-refractivity contribution is 5.87. The Hall–Kier alpha value is -1.40. The molecule has 136 valence electrons. The molecule has 0 aromatic rings. The molecule has 0 aromatic heterocycles. The van der Waals surface area contributed by atoms with Crippen LogP contribution in [0.5, 0.6) is 0 Å². The lowest BCUT2D eigenvalue weighted by atomic mass is 9.46. The summed E-state index contributed by atoms with van der Waals surface area (Å²) in [6.07, 6.45) is 0.983. The Morgan fingerprint density at radius 2 is 1.96 bits per heavy atom. The summed E-state index contributed by atoms with van der Waals surface area (Å²) in [6, 6.07) is 0. The Labute approximate surface area is 146 Å². The summed E-state index contributed by atoms with van der Waals surface area (Å²) < 4.78 is 17.6. The second kappa shape index (κ2) is 4.29. The Kier molecular flexibility index (Phi) is 2.71. The fraction of sp³-hybridized carbons (Fsp3) is 0.789. The summed E-state index contributed by atoms with van der Waals surface area (Å²) in [5.41, 5.74) is -1.11. The topological polar surface area (TPSA) is 85.4 Å². The number of epoxide rings is 1. The summed E-state index contributed by atoms with van der Waals surface area (Å²) in [7, 11) is 0. The number of carbonyl (C=O) groups excluding carboxylic acids is 2. The molecule has 1 spiro atoms. The smallest absolute Gasteiger partial charge is 0.331 e. The molecule has 8 atom stereocenters. The van der Waals surface area contributed by atoms with Crippen molar-refractivity contribution in [2.45, 2.75) is 70.6 Å². The van der Waals surface area contributed by atoms with Gasteiger partial charge >= 0.3 is 11.9 Å². The zero-order valence-electron chi connectivity index (χ0n) is 14.9. The van der Waals surface area contributed by atoms with Crippen LogP contribution >= 0.6 is 0 Å². The first-order chi connectivity index (χ1) is 11.7. The number of hydrogen-bond donors (Lipinski definition) is 1. The van der Waals surface area contributed by atoms with Crippen LogP contribution in [-0.2, 0) is 23.8 Å². The number of esters is 2. The van der Waals surface area contributed by atoms with E-state index in [0.29, 0.717) is 12.8 Å². The first-order valence-corrected chi connectivity index (χ1v) is 9.17. The number of ether oxygens (including phenoxy) is 3. The average molecular weight is 348 g/mol. The minimum atomic E-state index is -0.953. The van der Waals surface area contributed by atoms with Gasteiger partial charge in [0.25, 0.3) is 0 Å².